The quantitative estimate of drug-likeness (QED) is 0.819. The zero-order valence-corrected chi connectivity index (χ0v) is 10.1. The molecule has 0 aliphatic carbocycles. The van der Waals surface area contributed by atoms with Crippen LogP contribution >= 0.6 is 0 Å². The monoisotopic (exact) mass is 253 g/mol. The summed E-state index contributed by atoms with van der Waals surface area (Å²) in [6, 6.07) is 5.88. The van der Waals surface area contributed by atoms with Crippen LogP contribution in [0.5, 0.6) is 0 Å². The number of amides is 1. The molecule has 1 rings (SSSR count). The molecule has 0 fully saturated rings. The fraction of sp³-hybridized carbons (Fsp3) is 0.385. The van der Waals surface area contributed by atoms with Crippen LogP contribution in [0.25, 0.3) is 0 Å². The summed E-state index contributed by atoms with van der Waals surface area (Å²) in [5.41, 5.74) is 0.122. The normalized spacial score (nSPS) is 11.9. The van der Waals surface area contributed by atoms with Gasteiger partial charge >= 0.3 is 5.97 Å². The highest BCUT2D eigenvalue weighted by Gasteiger charge is 2.18. The smallest absolute Gasteiger partial charge is 0.303 e. The van der Waals surface area contributed by atoms with Gasteiger partial charge < -0.3 is 10.4 Å². The van der Waals surface area contributed by atoms with Gasteiger partial charge in [-0.15, -0.1) is 0 Å². The topological polar surface area (TPSA) is 66.4 Å². The summed E-state index contributed by atoms with van der Waals surface area (Å²) in [5.74, 6) is -2.20. The van der Waals surface area contributed by atoms with Crippen LogP contribution in [-0.2, 0) is 9.59 Å². The minimum Gasteiger partial charge on any atom is -0.481 e. The van der Waals surface area contributed by atoms with Gasteiger partial charge in [-0.05, 0) is 25.0 Å². The lowest BCUT2D eigenvalue weighted by Gasteiger charge is -2.14. The zero-order chi connectivity index (χ0) is 13.5. The van der Waals surface area contributed by atoms with E-state index < -0.39 is 17.7 Å². The SMILES string of the molecule is CCC(CCC(=O)O)C(=O)Nc1ccccc1F. The van der Waals surface area contributed by atoms with Gasteiger partial charge in [-0.2, -0.15) is 0 Å². The standard InChI is InChI=1S/C13H16FNO3/c1-2-9(7-8-12(16)17)13(18)15-11-6-4-3-5-10(11)14/h3-6,9H,2,7-8H2,1H3,(H,15,18)(H,16,17). The Kier molecular flexibility index (Phi) is 5.30. The van der Waals surface area contributed by atoms with Crippen LogP contribution < -0.4 is 5.32 Å². The van der Waals surface area contributed by atoms with E-state index in [-0.39, 0.29) is 24.4 Å². The van der Waals surface area contributed by atoms with Crippen molar-refractivity contribution in [1.82, 2.24) is 0 Å². The molecule has 18 heavy (non-hydrogen) atoms. The second kappa shape index (κ2) is 6.74. The predicted octanol–water partition coefficient (Wildman–Crippen LogP) is 2.66. The van der Waals surface area contributed by atoms with E-state index in [0.29, 0.717) is 6.42 Å². The minimum atomic E-state index is -0.938. The first kappa shape index (κ1) is 14.2. The van der Waals surface area contributed by atoms with E-state index in [1.165, 1.54) is 18.2 Å². The van der Waals surface area contributed by atoms with E-state index in [4.69, 9.17) is 5.11 Å². The van der Waals surface area contributed by atoms with Crippen molar-refractivity contribution in [3.05, 3.63) is 30.1 Å². The number of rotatable bonds is 6. The Hall–Kier alpha value is -1.91. The van der Waals surface area contributed by atoms with Crippen LogP contribution in [0.1, 0.15) is 26.2 Å². The predicted molar refractivity (Wildman–Crippen MR) is 65.7 cm³/mol. The number of para-hydroxylation sites is 1. The van der Waals surface area contributed by atoms with Crippen molar-refractivity contribution < 1.29 is 19.1 Å². The molecule has 0 aromatic heterocycles. The summed E-state index contributed by atoms with van der Waals surface area (Å²) in [5, 5.41) is 11.1. The molecular formula is C13H16FNO3. The van der Waals surface area contributed by atoms with Crippen molar-refractivity contribution in [2.24, 2.45) is 5.92 Å². The van der Waals surface area contributed by atoms with Crippen molar-refractivity contribution in [1.29, 1.82) is 0 Å². The van der Waals surface area contributed by atoms with Gasteiger partial charge in [0.1, 0.15) is 5.82 Å². The van der Waals surface area contributed by atoms with Crippen molar-refractivity contribution in [3.63, 3.8) is 0 Å². The van der Waals surface area contributed by atoms with E-state index in [9.17, 15) is 14.0 Å². The molecule has 0 aliphatic heterocycles. The van der Waals surface area contributed by atoms with Gasteiger partial charge in [-0.3, -0.25) is 9.59 Å². The van der Waals surface area contributed by atoms with E-state index in [1.54, 1.807) is 13.0 Å². The highest BCUT2D eigenvalue weighted by atomic mass is 19.1. The van der Waals surface area contributed by atoms with Gasteiger partial charge in [0, 0.05) is 12.3 Å². The molecule has 0 bridgehead atoms. The minimum absolute atomic E-state index is 0.0663. The molecule has 0 aliphatic rings. The molecule has 98 valence electrons. The molecule has 1 aromatic carbocycles. The average Bonchev–Trinajstić information content (AvgIpc) is 2.32. The third kappa shape index (κ3) is 4.16. The van der Waals surface area contributed by atoms with Crippen LogP contribution in [0.2, 0.25) is 0 Å². The average molecular weight is 253 g/mol. The number of nitrogens with one attached hydrogen (secondary N) is 1. The van der Waals surface area contributed by atoms with Crippen molar-refractivity contribution in [3.8, 4) is 0 Å². The van der Waals surface area contributed by atoms with E-state index in [0.717, 1.165) is 0 Å². The van der Waals surface area contributed by atoms with E-state index in [2.05, 4.69) is 5.32 Å². The van der Waals surface area contributed by atoms with Crippen molar-refractivity contribution in [2.45, 2.75) is 26.2 Å². The van der Waals surface area contributed by atoms with Gasteiger partial charge in [0.05, 0.1) is 5.69 Å². The van der Waals surface area contributed by atoms with Gasteiger partial charge in [-0.25, -0.2) is 4.39 Å². The molecule has 0 heterocycles. The Morgan fingerprint density at radius 2 is 2.06 bits per heavy atom. The number of hydrogen-bond donors (Lipinski definition) is 2. The largest absolute Gasteiger partial charge is 0.481 e. The molecule has 5 heteroatoms. The fourth-order valence-corrected chi connectivity index (χ4v) is 1.62. The number of carbonyl (C=O) groups is 2. The lowest BCUT2D eigenvalue weighted by Crippen LogP contribution is -2.23. The Labute approximate surface area is 105 Å². The molecule has 0 radical (unpaired) electrons. The molecule has 0 saturated carbocycles. The molecule has 2 N–H and O–H groups in total. The number of benzene rings is 1. The lowest BCUT2D eigenvalue weighted by atomic mass is 9.99. The molecule has 1 atom stereocenters. The van der Waals surface area contributed by atoms with Gasteiger partial charge in [0.2, 0.25) is 5.91 Å². The Morgan fingerprint density at radius 1 is 1.39 bits per heavy atom. The highest BCUT2D eigenvalue weighted by molar-refractivity contribution is 5.92. The first-order chi connectivity index (χ1) is 8.54. The number of aliphatic carboxylic acids is 1. The summed E-state index contributed by atoms with van der Waals surface area (Å²) in [6.07, 6.45) is 0.711. The fourth-order valence-electron chi connectivity index (χ4n) is 1.62. The van der Waals surface area contributed by atoms with Crippen molar-refractivity contribution in [2.75, 3.05) is 5.32 Å². The Balaban J connectivity index is 2.62. The summed E-state index contributed by atoms with van der Waals surface area (Å²) in [6.45, 7) is 1.80. The highest BCUT2D eigenvalue weighted by Crippen LogP contribution is 2.17. The number of hydrogen-bond acceptors (Lipinski definition) is 2. The van der Waals surface area contributed by atoms with Crippen LogP contribution in [-0.4, -0.2) is 17.0 Å². The molecule has 1 amide bonds. The van der Waals surface area contributed by atoms with Gasteiger partial charge in [0.15, 0.2) is 0 Å². The maximum Gasteiger partial charge on any atom is 0.303 e. The van der Waals surface area contributed by atoms with Crippen LogP contribution in [0.15, 0.2) is 24.3 Å². The first-order valence-electron chi connectivity index (χ1n) is 5.81. The maximum absolute atomic E-state index is 13.3. The summed E-state index contributed by atoms with van der Waals surface area (Å²) in [4.78, 5) is 22.3. The van der Waals surface area contributed by atoms with Gasteiger partial charge in [-0.1, -0.05) is 19.1 Å². The maximum atomic E-state index is 13.3. The molecular weight excluding hydrogens is 237 g/mol. The summed E-state index contributed by atoms with van der Waals surface area (Å²) < 4.78 is 13.3. The van der Waals surface area contributed by atoms with Gasteiger partial charge in [0.25, 0.3) is 0 Å². The molecule has 1 aromatic rings. The van der Waals surface area contributed by atoms with E-state index in [1.807, 2.05) is 0 Å². The summed E-state index contributed by atoms with van der Waals surface area (Å²) >= 11 is 0. The second-order valence-corrected chi connectivity index (χ2v) is 4.01. The second-order valence-electron chi connectivity index (χ2n) is 4.01. The third-order valence-electron chi connectivity index (χ3n) is 2.70. The van der Waals surface area contributed by atoms with Crippen LogP contribution in [0.4, 0.5) is 10.1 Å². The Bertz CT molecular complexity index is 434. The van der Waals surface area contributed by atoms with Crippen LogP contribution in [0, 0.1) is 11.7 Å². The number of carboxylic acid groups (broad SMARTS) is 1. The van der Waals surface area contributed by atoms with Crippen LogP contribution in [0.3, 0.4) is 0 Å². The lowest BCUT2D eigenvalue weighted by molar-refractivity contribution is -0.137. The number of carboxylic acids is 1. The first-order valence-corrected chi connectivity index (χ1v) is 5.81. The molecule has 0 spiro atoms. The number of carbonyl (C=O) groups excluding carboxylic acids is 1. The Morgan fingerprint density at radius 3 is 2.61 bits per heavy atom. The molecule has 1 unspecified atom stereocenters. The number of halogens is 1. The molecule has 4 nitrogen and oxygen atoms in total. The van der Waals surface area contributed by atoms with E-state index >= 15 is 0 Å². The number of anilines is 1. The zero-order valence-electron chi connectivity index (χ0n) is 10.1. The molecule has 0 saturated heterocycles. The summed E-state index contributed by atoms with van der Waals surface area (Å²) in [7, 11) is 0. The van der Waals surface area contributed by atoms with Crippen molar-refractivity contribution >= 4 is 17.6 Å². The third-order valence-corrected chi connectivity index (χ3v) is 2.70.